The van der Waals surface area contributed by atoms with Gasteiger partial charge in [-0.2, -0.15) is 0 Å². The summed E-state index contributed by atoms with van der Waals surface area (Å²) in [6.07, 6.45) is 3.91. The van der Waals surface area contributed by atoms with Crippen LogP contribution in [0.1, 0.15) is 38.3 Å². The van der Waals surface area contributed by atoms with E-state index in [-0.39, 0.29) is 12.0 Å². The van der Waals surface area contributed by atoms with Gasteiger partial charge < -0.3 is 9.30 Å². The number of ether oxygens (including phenoxy) is 1. The Labute approximate surface area is 114 Å². The third kappa shape index (κ3) is 2.98. The lowest BCUT2D eigenvalue weighted by Gasteiger charge is -2.14. The van der Waals surface area contributed by atoms with Crippen molar-refractivity contribution in [1.29, 1.82) is 0 Å². The number of aryl methyl sites for hydroxylation is 1. The zero-order chi connectivity index (χ0) is 13.8. The molecule has 0 aliphatic carbocycles. The molecule has 0 saturated heterocycles. The number of benzene rings is 1. The number of nitrogens with zero attached hydrogens (tertiary/aromatic N) is 1. The van der Waals surface area contributed by atoms with E-state index in [1.54, 1.807) is 0 Å². The molecule has 0 aliphatic rings. The molecule has 0 spiro atoms. The van der Waals surface area contributed by atoms with Gasteiger partial charge >= 0.3 is 5.97 Å². The first kappa shape index (κ1) is 13.7. The zero-order valence-electron chi connectivity index (χ0n) is 11.8. The maximum atomic E-state index is 12.0. The first-order valence-electron chi connectivity index (χ1n) is 6.87. The summed E-state index contributed by atoms with van der Waals surface area (Å²) >= 11 is 0. The third-order valence-electron chi connectivity index (χ3n) is 3.38. The van der Waals surface area contributed by atoms with Crippen molar-refractivity contribution in [3.05, 3.63) is 36.0 Å². The molecule has 0 N–H and O–H groups in total. The molecule has 0 fully saturated rings. The van der Waals surface area contributed by atoms with Gasteiger partial charge in [0.05, 0.1) is 6.61 Å². The molecule has 3 nitrogen and oxygen atoms in total. The van der Waals surface area contributed by atoms with Gasteiger partial charge in [-0.3, -0.25) is 0 Å². The number of carbonyl (C=O) groups is 1. The van der Waals surface area contributed by atoms with Gasteiger partial charge in [-0.1, -0.05) is 25.0 Å². The highest BCUT2D eigenvalue weighted by Crippen LogP contribution is 2.22. The zero-order valence-corrected chi connectivity index (χ0v) is 11.8. The van der Waals surface area contributed by atoms with Crippen LogP contribution in [0.4, 0.5) is 0 Å². The number of unbranched alkanes of at least 4 members (excludes halogenated alkanes) is 1. The molecule has 0 amide bonds. The van der Waals surface area contributed by atoms with Gasteiger partial charge in [-0.05, 0) is 43.9 Å². The number of aromatic nitrogens is 1. The lowest BCUT2D eigenvalue weighted by Crippen LogP contribution is -2.19. The van der Waals surface area contributed by atoms with Gasteiger partial charge in [0.25, 0.3) is 0 Å². The Balaban J connectivity index is 2.17. The number of hydrogen-bond acceptors (Lipinski definition) is 2. The summed E-state index contributed by atoms with van der Waals surface area (Å²) in [5, 5.41) is 1.16. The number of esters is 1. The minimum atomic E-state index is -0.280. The summed E-state index contributed by atoms with van der Waals surface area (Å²) in [5.41, 5.74) is 2.30. The second-order valence-electron chi connectivity index (χ2n) is 4.98. The van der Waals surface area contributed by atoms with Crippen LogP contribution in [0.2, 0.25) is 0 Å². The van der Waals surface area contributed by atoms with Crippen molar-refractivity contribution in [2.75, 3.05) is 6.61 Å². The Kier molecular flexibility index (Phi) is 4.25. The second kappa shape index (κ2) is 5.91. The van der Waals surface area contributed by atoms with E-state index in [2.05, 4.69) is 32.0 Å². The van der Waals surface area contributed by atoms with E-state index in [1.165, 1.54) is 5.56 Å². The number of fused-ring (bicyclic) bond motifs is 1. The second-order valence-corrected chi connectivity index (χ2v) is 4.98. The molecule has 19 heavy (non-hydrogen) atoms. The summed E-state index contributed by atoms with van der Waals surface area (Å²) in [7, 11) is 0. The molecular weight excluding hydrogens is 238 g/mol. The van der Waals surface area contributed by atoms with Gasteiger partial charge in [-0.25, -0.2) is 4.79 Å². The minimum absolute atomic E-state index is 0.161. The van der Waals surface area contributed by atoms with Crippen LogP contribution in [-0.2, 0) is 9.53 Å². The normalized spacial score (nSPS) is 12.6. The predicted molar refractivity (Wildman–Crippen MR) is 77.3 cm³/mol. The Bertz CT molecular complexity index is 571. The lowest BCUT2D eigenvalue weighted by molar-refractivity contribution is -0.147. The van der Waals surface area contributed by atoms with E-state index in [1.807, 2.05) is 23.8 Å². The predicted octanol–water partition coefficient (Wildman–Crippen LogP) is 3.85. The van der Waals surface area contributed by atoms with E-state index in [0.717, 1.165) is 23.7 Å². The molecule has 1 aromatic heterocycles. The third-order valence-corrected chi connectivity index (χ3v) is 3.38. The van der Waals surface area contributed by atoms with Gasteiger partial charge in [-0.15, -0.1) is 0 Å². The number of carbonyl (C=O) groups excluding carboxylic acids is 1. The maximum absolute atomic E-state index is 12.0. The quantitative estimate of drug-likeness (QED) is 0.603. The van der Waals surface area contributed by atoms with Crippen LogP contribution in [0.5, 0.6) is 0 Å². The van der Waals surface area contributed by atoms with E-state index >= 15 is 0 Å². The number of rotatable bonds is 5. The van der Waals surface area contributed by atoms with Gasteiger partial charge in [0, 0.05) is 11.7 Å². The lowest BCUT2D eigenvalue weighted by atomic mass is 10.2. The summed E-state index contributed by atoms with van der Waals surface area (Å²) in [6, 6.07) is 8.00. The van der Waals surface area contributed by atoms with E-state index in [4.69, 9.17) is 4.74 Å². The summed E-state index contributed by atoms with van der Waals surface area (Å²) < 4.78 is 7.26. The largest absolute Gasteiger partial charge is 0.464 e. The molecule has 0 bridgehead atoms. The highest BCUT2D eigenvalue weighted by atomic mass is 16.5. The Morgan fingerprint density at radius 3 is 2.89 bits per heavy atom. The Morgan fingerprint density at radius 1 is 1.37 bits per heavy atom. The number of hydrogen-bond donors (Lipinski definition) is 0. The smallest absolute Gasteiger partial charge is 0.328 e. The van der Waals surface area contributed by atoms with E-state index in [0.29, 0.717) is 6.61 Å². The minimum Gasteiger partial charge on any atom is -0.464 e. The Hall–Kier alpha value is -1.77. The van der Waals surface area contributed by atoms with Gasteiger partial charge in [0.15, 0.2) is 0 Å². The fourth-order valence-electron chi connectivity index (χ4n) is 2.17. The fourth-order valence-corrected chi connectivity index (χ4v) is 2.17. The molecule has 1 heterocycles. The van der Waals surface area contributed by atoms with Crippen molar-refractivity contribution in [3.8, 4) is 0 Å². The van der Waals surface area contributed by atoms with Crippen molar-refractivity contribution in [1.82, 2.24) is 4.57 Å². The van der Waals surface area contributed by atoms with Crippen molar-refractivity contribution < 1.29 is 9.53 Å². The standard InChI is InChI=1S/C16H21NO2/c1-4-5-10-19-16(18)13(3)17-9-8-14-11-12(2)6-7-15(14)17/h6-9,11,13H,4-5,10H2,1-3H3. The van der Waals surface area contributed by atoms with Crippen LogP contribution in [-0.4, -0.2) is 17.1 Å². The average molecular weight is 259 g/mol. The molecule has 2 aromatic rings. The van der Waals surface area contributed by atoms with E-state index in [9.17, 15) is 4.79 Å². The molecule has 102 valence electrons. The first-order valence-corrected chi connectivity index (χ1v) is 6.87. The van der Waals surface area contributed by atoms with Crippen LogP contribution in [0.15, 0.2) is 30.5 Å². The monoisotopic (exact) mass is 259 g/mol. The fraction of sp³-hybridized carbons (Fsp3) is 0.438. The summed E-state index contributed by atoms with van der Waals surface area (Å²) in [4.78, 5) is 12.0. The molecule has 1 aromatic carbocycles. The van der Waals surface area contributed by atoms with Gasteiger partial charge in [0.1, 0.15) is 6.04 Å². The topological polar surface area (TPSA) is 31.2 Å². The molecule has 0 radical (unpaired) electrons. The molecule has 0 aliphatic heterocycles. The van der Waals surface area contributed by atoms with Crippen molar-refractivity contribution in [3.63, 3.8) is 0 Å². The van der Waals surface area contributed by atoms with Crippen LogP contribution in [0.3, 0.4) is 0 Å². The molecule has 3 heteroatoms. The van der Waals surface area contributed by atoms with Crippen LogP contribution in [0, 0.1) is 6.92 Å². The van der Waals surface area contributed by atoms with Crippen molar-refractivity contribution >= 4 is 16.9 Å². The highest BCUT2D eigenvalue weighted by molar-refractivity contribution is 5.84. The molecular formula is C16H21NO2. The van der Waals surface area contributed by atoms with Gasteiger partial charge in [0.2, 0.25) is 0 Å². The van der Waals surface area contributed by atoms with Crippen LogP contribution < -0.4 is 0 Å². The van der Waals surface area contributed by atoms with Crippen molar-refractivity contribution in [2.24, 2.45) is 0 Å². The molecule has 1 atom stereocenters. The Morgan fingerprint density at radius 2 is 2.16 bits per heavy atom. The molecule has 2 rings (SSSR count). The van der Waals surface area contributed by atoms with Crippen LogP contribution >= 0.6 is 0 Å². The first-order chi connectivity index (χ1) is 9.13. The average Bonchev–Trinajstić information content (AvgIpc) is 2.80. The van der Waals surface area contributed by atoms with Crippen molar-refractivity contribution in [2.45, 2.75) is 39.7 Å². The maximum Gasteiger partial charge on any atom is 0.328 e. The molecule has 0 saturated carbocycles. The summed E-state index contributed by atoms with van der Waals surface area (Å²) in [5.74, 6) is -0.161. The van der Waals surface area contributed by atoms with E-state index < -0.39 is 0 Å². The highest BCUT2D eigenvalue weighted by Gasteiger charge is 2.17. The van der Waals surface area contributed by atoms with Crippen LogP contribution in [0.25, 0.3) is 10.9 Å². The SMILES string of the molecule is CCCCOC(=O)C(C)n1ccc2cc(C)ccc21. The molecule has 1 unspecified atom stereocenters. The summed E-state index contributed by atoms with van der Waals surface area (Å²) in [6.45, 7) is 6.55.